The molecule has 96 valence electrons. The van der Waals surface area contributed by atoms with Gasteiger partial charge in [-0.15, -0.1) is 0 Å². The Balaban J connectivity index is 1.68. The molecule has 4 heteroatoms. The average molecular weight is 245 g/mol. The van der Waals surface area contributed by atoms with Gasteiger partial charge in [-0.3, -0.25) is 4.79 Å². The lowest BCUT2D eigenvalue weighted by molar-refractivity contribution is 0.0926. The Morgan fingerprint density at radius 1 is 1.33 bits per heavy atom. The van der Waals surface area contributed by atoms with Gasteiger partial charge in [0.05, 0.1) is 0 Å². The summed E-state index contributed by atoms with van der Waals surface area (Å²) in [6.07, 6.45) is 7.92. The first-order chi connectivity index (χ1) is 8.74. The van der Waals surface area contributed by atoms with Gasteiger partial charge >= 0.3 is 0 Å². The lowest BCUT2D eigenvalue weighted by Crippen LogP contribution is -2.37. The minimum Gasteiger partial charge on any atom is -0.384 e. The van der Waals surface area contributed by atoms with Gasteiger partial charge in [-0.1, -0.05) is 12.8 Å². The van der Waals surface area contributed by atoms with Crippen LogP contribution in [-0.4, -0.2) is 16.9 Å². The van der Waals surface area contributed by atoms with E-state index in [4.69, 9.17) is 5.73 Å². The van der Waals surface area contributed by atoms with Gasteiger partial charge in [-0.2, -0.15) is 0 Å². The molecule has 0 saturated heterocycles. The molecule has 3 unspecified atom stereocenters. The van der Waals surface area contributed by atoms with Gasteiger partial charge in [-0.25, -0.2) is 4.98 Å². The number of nitrogens with one attached hydrogen (secondary N) is 1. The number of carbonyl (C=O) groups excluding carboxylic acids is 1. The lowest BCUT2D eigenvalue weighted by atomic mass is 9.97. The summed E-state index contributed by atoms with van der Waals surface area (Å²) < 4.78 is 0. The van der Waals surface area contributed by atoms with Crippen molar-refractivity contribution in [2.75, 3.05) is 5.73 Å². The second-order valence-electron chi connectivity index (χ2n) is 5.48. The van der Waals surface area contributed by atoms with E-state index < -0.39 is 0 Å². The average Bonchev–Trinajstić information content (AvgIpc) is 2.94. The van der Waals surface area contributed by atoms with Crippen LogP contribution in [-0.2, 0) is 0 Å². The van der Waals surface area contributed by atoms with E-state index in [1.54, 1.807) is 18.3 Å². The summed E-state index contributed by atoms with van der Waals surface area (Å²) >= 11 is 0. The van der Waals surface area contributed by atoms with Gasteiger partial charge in [0, 0.05) is 17.8 Å². The van der Waals surface area contributed by atoms with Crippen LogP contribution in [0.4, 0.5) is 5.82 Å². The number of nitrogen functional groups attached to an aromatic ring is 1. The van der Waals surface area contributed by atoms with Crippen LogP contribution in [0.3, 0.4) is 0 Å². The Labute approximate surface area is 107 Å². The first-order valence-corrected chi connectivity index (χ1v) is 6.76. The predicted molar refractivity (Wildman–Crippen MR) is 70.0 cm³/mol. The molecule has 2 saturated carbocycles. The van der Waals surface area contributed by atoms with Crippen LogP contribution in [0.15, 0.2) is 18.3 Å². The van der Waals surface area contributed by atoms with Crippen molar-refractivity contribution in [1.82, 2.24) is 10.3 Å². The number of amides is 1. The predicted octanol–water partition coefficient (Wildman–Crippen LogP) is 1.97. The number of nitrogens with two attached hydrogens (primary N) is 1. The SMILES string of the molecule is Nc1cc(C(=O)NC2CCC3CCCC32)ccn1. The maximum absolute atomic E-state index is 12.1. The highest BCUT2D eigenvalue weighted by molar-refractivity contribution is 5.94. The Morgan fingerprint density at radius 2 is 2.22 bits per heavy atom. The highest BCUT2D eigenvalue weighted by Crippen LogP contribution is 2.43. The van der Waals surface area contributed by atoms with Gasteiger partial charge in [0.1, 0.15) is 5.82 Å². The standard InChI is InChI=1S/C14H19N3O/c15-13-8-10(6-7-16-13)14(18)17-12-5-4-9-2-1-3-11(9)12/h6-9,11-12H,1-5H2,(H2,15,16)(H,17,18). The van der Waals surface area contributed by atoms with Gasteiger partial charge in [0.15, 0.2) is 0 Å². The molecule has 1 amide bonds. The summed E-state index contributed by atoms with van der Waals surface area (Å²) in [5, 5.41) is 3.17. The Bertz CT molecular complexity index is 460. The van der Waals surface area contributed by atoms with Crippen molar-refractivity contribution in [1.29, 1.82) is 0 Å². The zero-order valence-corrected chi connectivity index (χ0v) is 10.4. The highest BCUT2D eigenvalue weighted by Gasteiger charge is 2.39. The lowest BCUT2D eigenvalue weighted by Gasteiger charge is -2.20. The first-order valence-electron chi connectivity index (χ1n) is 6.76. The molecule has 3 N–H and O–H groups in total. The number of fused-ring (bicyclic) bond motifs is 1. The van der Waals surface area contributed by atoms with Crippen molar-refractivity contribution in [2.24, 2.45) is 11.8 Å². The fourth-order valence-electron chi connectivity index (χ4n) is 3.58. The van der Waals surface area contributed by atoms with Crippen LogP contribution in [0.2, 0.25) is 0 Å². The smallest absolute Gasteiger partial charge is 0.251 e. The summed E-state index contributed by atoms with van der Waals surface area (Å²) in [5.74, 6) is 1.93. The Kier molecular flexibility index (Phi) is 2.94. The number of rotatable bonds is 2. The second kappa shape index (κ2) is 4.59. The van der Waals surface area contributed by atoms with Crippen molar-refractivity contribution in [3.8, 4) is 0 Å². The molecule has 2 aliphatic rings. The zero-order valence-electron chi connectivity index (χ0n) is 10.4. The Hall–Kier alpha value is -1.58. The summed E-state index contributed by atoms with van der Waals surface area (Å²) in [6.45, 7) is 0. The first kappa shape index (κ1) is 11.5. The molecule has 0 radical (unpaired) electrons. The normalized spacial score (nSPS) is 30.1. The molecule has 0 bridgehead atoms. The van der Waals surface area contributed by atoms with Crippen molar-refractivity contribution < 1.29 is 4.79 Å². The monoisotopic (exact) mass is 245 g/mol. The van der Waals surface area contributed by atoms with E-state index >= 15 is 0 Å². The van der Waals surface area contributed by atoms with E-state index in [9.17, 15) is 4.79 Å². The largest absolute Gasteiger partial charge is 0.384 e. The van der Waals surface area contributed by atoms with Gasteiger partial charge < -0.3 is 11.1 Å². The number of pyridine rings is 1. The maximum Gasteiger partial charge on any atom is 0.251 e. The highest BCUT2D eigenvalue weighted by atomic mass is 16.1. The third kappa shape index (κ3) is 2.07. The van der Waals surface area contributed by atoms with E-state index in [1.807, 2.05) is 0 Å². The summed E-state index contributed by atoms with van der Waals surface area (Å²) in [4.78, 5) is 16.1. The molecule has 0 aliphatic heterocycles. The molecule has 1 aromatic rings. The molecule has 1 heterocycles. The van der Waals surface area contributed by atoms with Crippen molar-refractivity contribution in [2.45, 2.75) is 38.1 Å². The third-order valence-electron chi connectivity index (χ3n) is 4.44. The number of hydrogen-bond acceptors (Lipinski definition) is 3. The fourth-order valence-corrected chi connectivity index (χ4v) is 3.58. The van der Waals surface area contributed by atoms with Gasteiger partial charge in [0.2, 0.25) is 0 Å². The quantitative estimate of drug-likeness (QED) is 0.837. The van der Waals surface area contributed by atoms with Crippen LogP contribution in [0, 0.1) is 11.8 Å². The van der Waals surface area contributed by atoms with Crippen LogP contribution in [0.25, 0.3) is 0 Å². The Morgan fingerprint density at radius 3 is 3.06 bits per heavy atom. The third-order valence-corrected chi connectivity index (χ3v) is 4.44. The fraction of sp³-hybridized carbons (Fsp3) is 0.571. The van der Waals surface area contributed by atoms with Crippen LogP contribution < -0.4 is 11.1 Å². The van der Waals surface area contributed by atoms with E-state index in [1.165, 1.54) is 25.7 Å². The summed E-state index contributed by atoms with van der Waals surface area (Å²) in [7, 11) is 0. The molecular formula is C14H19N3O. The van der Waals surface area contributed by atoms with E-state index in [0.717, 1.165) is 12.3 Å². The molecule has 4 nitrogen and oxygen atoms in total. The number of anilines is 1. The number of carbonyl (C=O) groups is 1. The summed E-state index contributed by atoms with van der Waals surface area (Å²) in [5.41, 5.74) is 6.21. The topological polar surface area (TPSA) is 68.0 Å². The van der Waals surface area contributed by atoms with Crippen LogP contribution >= 0.6 is 0 Å². The molecule has 3 atom stereocenters. The van der Waals surface area contributed by atoms with Crippen LogP contribution in [0.5, 0.6) is 0 Å². The molecule has 18 heavy (non-hydrogen) atoms. The van der Waals surface area contributed by atoms with Crippen molar-refractivity contribution in [3.63, 3.8) is 0 Å². The molecule has 2 aliphatic carbocycles. The van der Waals surface area contributed by atoms with E-state index in [0.29, 0.717) is 23.3 Å². The molecule has 0 aromatic carbocycles. The van der Waals surface area contributed by atoms with Gasteiger partial charge in [0.25, 0.3) is 5.91 Å². The minimum absolute atomic E-state index is 0.0124. The number of hydrogen-bond donors (Lipinski definition) is 2. The zero-order chi connectivity index (χ0) is 12.5. The van der Waals surface area contributed by atoms with Crippen molar-refractivity contribution in [3.05, 3.63) is 23.9 Å². The molecule has 1 aromatic heterocycles. The van der Waals surface area contributed by atoms with Crippen LogP contribution in [0.1, 0.15) is 42.5 Å². The van der Waals surface area contributed by atoms with Gasteiger partial charge in [-0.05, 0) is 43.2 Å². The number of aromatic nitrogens is 1. The molecule has 3 rings (SSSR count). The molecule has 2 fully saturated rings. The number of nitrogens with zero attached hydrogens (tertiary/aromatic N) is 1. The van der Waals surface area contributed by atoms with Crippen molar-refractivity contribution >= 4 is 11.7 Å². The second-order valence-corrected chi connectivity index (χ2v) is 5.48. The minimum atomic E-state index is -0.0124. The summed E-state index contributed by atoms with van der Waals surface area (Å²) in [6, 6.07) is 3.71. The molecular weight excluding hydrogens is 226 g/mol. The maximum atomic E-state index is 12.1. The molecule has 0 spiro atoms. The van der Waals surface area contributed by atoms with E-state index in [-0.39, 0.29) is 5.91 Å². The van der Waals surface area contributed by atoms with E-state index in [2.05, 4.69) is 10.3 Å².